The lowest BCUT2D eigenvalue weighted by atomic mass is 10.2. The van der Waals surface area contributed by atoms with E-state index in [0.29, 0.717) is 44.3 Å². The van der Waals surface area contributed by atoms with Gasteiger partial charge in [-0.1, -0.05) is 0 Å². The number of nitrogens with one attached hydrogen (secondary N) is 1. The Morgan fingerprint density at radius 2 is 1.96 bits per heavy atom. The van der Waals surface area contributed by atoms with E-state index in [2.05, 4.69) is 21.2 Å². The average molecular weight is 465 g/mol. The topological polar surface area (TPSA) is 77.1 Å². The molecule has 2 unspecified atom stereocenters. The van der Waals surface area contributed by atoms with Gasteiger partial charge in [-0.2, -0.15) is 4.31 Å². The summed E-state index contributed by atoms with van der Waals surface area (Å²) in [7, 11) is -1.71. The molecule has 1 saturated heterocycles. The van der Waals surface area contributed by atoms with Gasteiger partial charge in [-0.25, -0.2) is 8.42 Å². The van der Waals surface area contributed by atoms with Crippen LogP contribution in [0.2, 0.25) is 0 Å². The van der Waals surface area contributed by atoms with Gasteiger partial charge in [0.05, 0.1) is 36.2 Å². The van der Waals surface area contributed by atoms with Crippen molar-refractivity contribution in [2.75, 3.05) is 39.1 Å². The van der Waals surface area contributed by atoms with Crippen molar-refractivity contribution in [1.82, 2.24) is 9.62 Å². The molecule has 2 atom stereocenters. The van der Waals surface area contributed by atoms with Crippen LogP contribution >= 0.6 is 15.9 Å². The van der Waals surface area contributed by atoms with Crippen LogP contribution in [0, 0.1) is 0 Å². The van der Waals surface area contributed by atoms with Gasteiger partial charge in [0.1, 0.15) is 0 Å². The van der Waals surface area contributed by atoms with Crippen LogP contribution in [0.15, 0.2) is 16.6 Å². The maximum Gasteiger partial charge on any atom is 0.215 e. The van der Waals surface area contributed by atoms with Crippen LogP contribution in [0.25, 0.3) is 0 Å². The molecule has 1 heterocycles. The fourth-order valence-corrected chi connectivity index (χ4v) is 5.29. The third-order valence-electron chi connectivity index (χ3n) is 4.22. The average Bonchev–Trinajstić information content (AvgIpc) is 2.58. The van der Waals surface area contributed by atoms with E-state index < -0.39 is 10.0 Å². The number of methoxy groups -OCH3 is 1. The first-order chi connectivity index (χ1) is 12.8. The van der Waals surface area contributed by atoms with E-state index in [1.54, 1.807) is 7.11 Å². The zero-order valence-electron chi connectivity index (χ0n) is 16.3. The lowest BCUT2D eigenvalue weighted by Crippen LogP contribution is -2.49. The predicted molar refractivity (Wildman–Crippen MR) is 109 cm³/mol. The molecule has 0 amide bonds. The van der Waals surface area contributed by atoms with Crippen LogP contribution in [-0.4, -0.2) is 64.0 Å². The first-order valence-electron chi connectivity index (χ1n) is 9.10. The lowest BCUT2D eigenvalue weighted by Gasteiger charge is -2.34. The van der Waals surface area contributed by atoms with E-state index in [1.807, 2.05) is 32.9 Å². The van der Waals surface area contributed by atoms with E-state index in [0.717, 1.165) is 10.0 Å². The molecule has 0 saturated carbocycles. The Morgan fingerprint density at radius 1 is 1.30 bits per heavy atom. The molecule has 1 aromatic carbocycles. The summed E-state index contributed by atoms with van der Waals surface area (Å²) in [5, 5.41) is 3.20. The van der Waals surface area contributed by atoms with E-state index in [1.165, 1.54) is 4.31 Å². The third kappa shape index (κ3) is 6.32. The van der Waals surface area contributed by atoms with Gasteiger partial charge in [0.2, 0.25) is 10.0 Å². The number of hydrogen-bond acceptors (Lipinski definition) is 6. The van der Waals surface area contributed by atoms with Crippen molar-refractivity contribution in [1.29, 1.82) is 0 Å². The molecule has 1 aliphatic rings. The van der Waals surface area contributed by atoms with E-state index in [9.17, 15) is 8.42 Å². The molecule has 2 rings (SSSR count). The standard InChI is InChI=1S/C18H29BrN2O5S/c1-5-25-17-9-15(8-16(19)18(17)24-4)10-20-6-7-27(22,23)21-11-13(2)26-14(3)12-21/h8-9,13-14,20H,5-7,10-12H2,1-4H3. The summed E-state index contributed by atoms with van der Waals surface area (Å²) in [6.45, 7) is 7.97. The molecule has 0 aromatic heterocycles. The summed E-state index contributed by atoms with van der Waals surface area (Å²) in [5.74, 6) is 1.37. The van der Waals surface area contributed by atoms with Gasteiger partial charge in [0.25, 0.3) is 0 Å². The molecule has 0 aliphatic carbocycles. The van der Waals surface area contributed by atoms with Crippen LogP contribution in [0.5, 0.6) is 11.5 Å². The van der Waals surface area contributed by atoms with Crippen LogP contribution in [0.4, 0.5) is 0 Å². The number of morpholine rings is 1. The highest BCUT2D eigenvalue weighted by Crippen LogP contribution is 2.36. The Kier molecular flexibility index (Phi) is 8.36. The minimum atomic E-state index is -3.30. The normalized spacial score (nSPS) is 21.2. The highest BCUT2D eigenvalue weighted by Gasteiger charge is 2.30. The number of hydrogen-bond donors (Lipinski definition) is 1. The largest absolute Gasteiger partial charge is 0.492 e. The van der Waals surface area contributed by atoms with Crippen LogP contribution in [0.3, 0.4) is 0 Å². The van der Waals surface area contributed by atoms with E-state index in [4.69, 9.17) is 14.2 Å². The molecule has 0 bridgehead atoms. The predicted octanol–water partition coefficient (Wildman–Crippen LogP) is 2.39. The van der Waals surface area contributed by atoms with Crippen molar-refractivity contribution in [3.63, 3.8) is 0 Å². The Morgan fingerprint density at radius 3 is 2.56 bits per heavy atom. The van der Waals surface area contributed by atoms with Crippen molar-refractivity contribution < 1.29 is 22.6 Å². The fourth-order valence-electron chi connectivity index (χ4n) is 3.11. The molecule has 0 spiro atoms. The molecule has 27 heavy (non-hydrogen) atoms. The van der Waals surface area contributed by atoms with Gasteiger partial charge in [0, 0.05) is 26.2 Å². The van der Waals surface area contributed by atoms with Crippen LogP contribution < -0.4 is 14.8 Å². The maximum absolute atomic E-state index is 12.6. The SMILES string of the molecule is CCOc1cc(CNCCS(=O)(=O)N2CC(C)OC(C)C2)cc(Br)c1OC. The van der Waals surface area contributed by atoms with Crippen molar-refractivity contribution >= 4 is 26.0 Å². The minimum absolute atomic E-state index is 0.0576. The van der Waals surface area contributed by atoms with Gasteiger partial charge < -0.3 is 19.5 Å². The van der Waals surface area contributed by atoms with Crippen molar-refractivity contribution in [3.8, 4) is 11.5 Å². The van der Waals surface area contributed by atoms with Gasteiger partial charge in [-0.3, -0.25) is 0 Å². The molecule has 1 aliphatic heterocycles. The molecule has 7 nitrogen and oxygen atoms in total. The Balaban J connectivity index is 1.91. The molecule has 0 radical (unpaired) electrons. The fraction of sp³-hybridized carbons (Fsp3) is 0.667. The monoisotopic (exact) mass is 464 g/mol. The summed E-state index contributed by atoms with van der Waals surface area (Å²) >= 11 is 3.49. The first kappa shape index (κ1) is 22.4. The second-order valence-electron chi connectivity index (χ2n) is 6.61. The quantitative estimate of drug-likeness (QED) is 0.565. The van der Waals surface area contributed by atoms with Gasteiger partial charge in [0.15, 0.2) is 11.5 Å². The second kappa shape index (κ2) is 10.1. The summed E-state index contributed by atoms with van der Waals surface area (Å²) in [5.41, 5.74) is 0.983. The molecule has 1 N–H and O–H groups in total. The van der Waals surface area contributed by atoms with Crippen molar-refractivity contribution in [3.05, 3.63) is 22.2 Å². The summed E-state index contributed by atoms with van der Waals surface area (Å²) in [4.78, 5) is 0. The zero-order valence-corrected chi connectivity index (χ0v) is 18.7. The number of sulfonamides is 1. The van der Waals surface area contributed by atoms with Gasteiger partial charge in [-0.15, -0.1) is 0 Å². The Hall–Kier alpha value is -0.870. The highest BCUT2D eigenvalue weighted by molar-refractivity contribution is 9.10. The second-order valence-corrected chi connectivity index (χ2v) is 9.55. The Labute approximate surface area is 170 Å². The lowest BCUT2D eigenvalue weighted by molar-refractivity contribution is -0.0440. The van der Waals surface area contributed by atoms with Gasteiger partial charge in [-0.05, 0) is 54.4 Å². The Bertz CT molecular complexity index is 719. The molecule has 1 fully saturated rings. The van der Waals surface area contributed by atoms with Crippen molar-refractivity contribution in [2.45, 2.75) is 39.5 Å². The van der Waals surface area contributed by atoms with Crippen LogP contribution in [0.1, 0.15) is 26.3 Å². The number of ether oxygens (including phenoxy) is 3. The summed E-state index contributed by atoms with van der Waals surface area (Å²) < 4.78 is 44.0. The van der Waals surface area contributed by atoms with Gasteiger partial charge >= 0.3 is 0 Å². The minimum Gasteiger partial charge on any atom is -0.492 e. The number of benzene rings is 1. The van der Waals surface area contributed by atoms with Crippen LogP contribution in [-0.2, 0) is 21.3 Å². The molecular weight excluding hydrogens is 436 g/mol. The van der Waals surface area contributed by atoms with E-state index in [-0.39, 0.29) is 18.0 Å². The number of rotatable bonds is 9. The third-order valence-corrected chi connectivity index (χ3v) is 6.61. The van der Waals surface area contributed by atoms with Crippen molar-refractivity contribution in [2.24, 2.45) is 0 Å². The maximum atomic E-state index is 12.6. The smallest absolute Gasteiger partial charge is 0.215 e. The number of nitrogens with zero attached hydrogens (tertiary/aromatic N) is 1. The number of halogens is 1. The molecular formula is C18H29BrN2O5S. The summed E-state index contributed by atoms with van der Waals surface area (Å²) in [6.07, 6.45) is -0.157. The summed E-state index contributed by atoms with van der Waals surface area (Å²) in [6, 6.07) is 3.84. The van der Waals surface area contributed by atoms with E-state index >= 15 is 0 Å². The molecule has 1 aromatic rings. The molecule has 154 valence electrons. The zero-order chi connectivity index (χ0) is 20.0. The highest BCUT2D eigenvalue weighted by atomic mass is 79.9. The first-order valence-corrected chi connectivity index (χ1v) is 11.5. The molecule has 9 heteroatoms.